The Morgan fingerprint density at radius 1 is 1.11 bits per heavy atom. The Morgan fingerprint density at radius 3 is 2.37 bits per heavy atom. The van der Waals surface area contributed by atoms with Gasteiger partial charge < -0.3 is 14.6 Å². The first kappa shape index (κ1) is 24.9. The molecule has 5 nitrogen and oxygen atoms in total. The second kappa shape index (κ2) is 11.0. The molecule has 1 N–H and O–H groups in total. The Morgan fingerprint density at radius 2 is 1.83 bits per heavy atom. The van der Waals surface area contributed by atoms with Gasteiger partial charge in [0.05, 0.1) is 13.2 Å². The zero-order chi connectivity index (χ0) is 24.9. The molecule has 0 spiro atoms. The third-order valence-corrected chi connectivity index (χ3v) is 7.24. The highest BCUT2D eigenvalue weighted by atomic mass is 16.5. The lowest BCUT2D eigenvalue weighted by Crippen LogP contribution is -2.26. The van der Waals surface area contributed by atoms with Gasteiger partial charge in [-0.15, -0.1) is 0 Å². The SMILES string of the molecule is C=[O+]c1ccc(C(C)C(C(=O)C(/C=C\C2CC2)OC)=C(O)c2ccc(C3CCC3)cc2)c(OC)c1. The smallest absolute Gasteiger partial charge is 0.355 e. The summed E-state index contributed by atoms with van der Waals surface area (Å²) in [5, 5.41) is 11.5. The van der Waals surface area contributed by atoms with Crippen molar-refractivity contribution in [2.24, 2.45) is 5.92 Å². The molecule has 0 radical (unpaired) electrons. The molecule has 0 saturated heterocycles. The number of rotatable bonds is 11. The van der Waals surface area contributed by atoms with E-state index in [-0.39, 0.29) is 17.1 Å². The largest absolute Gasteiger partial charge is 0.507 e. The Hall–Kier alpha value is -3.18. The van der Waals surface area contributed by atoms with Crippen LogP contribution < -0.4 is 4.74 Å². The highest BCUT2D eigenvalue weighted by Crippen LogP contribution is 2.40. The van der Waals surface area contributed by atoms with Crippen molar-refractivity contribution in [3.05, 3.63) is 76.9 Å². The number of ketones is 1. The van der Waals surface area contributed by atoms with Crippen LogP contribution in [0.15, 0.2) is 60.2 Å². The molecule has 35 heavy (non-hydrogen) atoms. The van der Waals surface area contributed by atoms with E-state index in [0.717, 1.165) is 18.4 Å². The first-order valence-electron chi connectivity index (χ1n) is 12.4. The third-order valence-electron chi connectivity index (χ3n) is 7.24. The normalized spacial score (nSPS) is 18.5. The number of carbonyl (C=O) groups is 1. The van der Waals surface area contributed by atoms with Gasteiger partial charge in [0.1, 0.15) is 17.6 Å². The number of methoxy groups -OCH3 is 2. The van der Waals surface area contributed by atoms with Gasteiger partial charge in [-0.3, -0.25) is 4.79 Å². The average molecular weight is 476 g/mol. The minimum atomic E-state index is -0.780. The van der Waals surface area contributed by atoms with E-state index in [9.17, 15) is 9.90 Å². The van der Waals surface area contributed by atoms with Crippen LogP contribution in [-0.2, 0) is 14.0 Å². The Balaban J connectivity index is 1.76. The second-order valence-electron chi connectivity index (χ2n) is 9.52. The molecular weight excluding hydrogens is 440 g/mol. The first-order chi connectivity index (χ1) is 17.0. The van der Waals surface area contributed by atoms with E-state index in [1.807, 2.05) is 37.3 Å². The molecule has 0 aromatic heterocycles. The Labute approximate surface area is 207 Å². The minimum Gasteiger partial charge on any atom is -0.507 e. The van der Waals surface area contributed by atoms with E-state index in [0.29, 0.717) is 28.9 Å². The quantitative estimate of drug-likeness (QED) is 0.171. The Bertz CT molecular complexity index is 1120. The number of ether oxygens (including phenoxy) is 2. The predicted molar refractivity (Wildman–Crippen MR) is 138 cm³/mol. The topological polar surface area (TPSA) is 67.1 Å². The maximum absolute atomic E-state index is 13.8. The Kier molecular flexibility index (Phi) is 7.86. The highest BCUT2D eigenvalue weighted by Gasteiger charge is 2.31. The van der Waals surface area contributed by atoms with E-state index in [4.69, 9.17) is 13.9 Å². The molecule has 0 aliphatic heterocycles. The van der Waals surface area contributed by atoms with Crippen LogP contribution in [0.1, 0.15) is 67.6 Å². The van der Waals surface area contributed by atoms with Crippen molar-refractivity contribution in [1.82, 2.24) is 0 Å². The van der Waals surface area contributed by atoms with Crippen LogP contribution in [0.25, 0.3) is 5.76 Å². The van der Waals surface area contributed by atoms with Crippen LogP contribution in [-0.4, -0.2) is 38.0 Å². The molecule has 2 aromatic carbocycles. The van der Waals surface area contributed by atoms with Gasteiger partial charge in [0.2, 0.25) is 0 Å². The molecule has 4 rings (SSSR count). The summed E-state index contributed by atoms with van der Waals surface area (Å²) < 4.78 is 16.2. The fourth-order valence-electron chi connectivity index (χ4n) is 4.61. The zero-order valence-corrected chi connectivity index (χ0v) is 20.8. The molecule has 2 saturated carbocycles. The summed E-state index contributed by atoms with van der Waals surface area (Å²) >= 11 is 0. The highest BCUT2D eigenvalue weighted by molar-refractivity contribution is 6.06. The lowest BCUT2D eigenvalue weighted by molar-refractivity contribution is -0.354. The van der Waals surface area contributed by atoms with Crippen LogP contribution in [0, 0.1) is 5.92 Å². The number of hydrogen-bond acceptors (Lipinski definition) is 4. The van der Waals surface area contributed by atoms with E-state index in [1.54, 1.807) is 19.2 Å². The summed E-state index contributed by atoms with van der Waals surface area (Å²) in [5.74, 6) is 1.44. The number of hydrogen-bond donors (Lipinski definition) is 1. The van der Waals surface area contributed by atoms with Gasteiger partial charge in [0.25, 0.3) is 6.79 Å². The third kappa shape index (κ3) is 5.57. The van der Waals surface area contributed by atoms with Gasteiger partial charge in [-0.25, -0.2) is 4.42 Å². The minimum absolute atomic E-state index is 0.0379. The maximum Gasteiger partial charge on any atom is 0.355 e. The first-order valence-corrected chi connectivity index (χ1v) is 12.4. The van der Waals surface area contributed by atoms with Gasteiger partial charge >= 0.3 is 5.75 Å². The van der Waals surface area contributed by atoms with Crippen LogP contribution in [0.3, 0.4) is 0 Å². The maximum atomic E-state index is 13.8. The van der Waals surface area contributed by atoms with Crippen molar-refractivity contribution in [3.63, 3.8) is 0 Å². The van der Waals surface area contributed by atoms with Crippen molar-refractivity contribution < 1.29 is 23.8 Å². The van der Waals surface area contributed by atoms with Gasteiger partial charge in [-0.1, -0.05) is 49.8 Å². The average Bonchev–Trinajstić information content (AvgIpc) is 3.68. The number of carbonyl (C=O) groups excluding carboxylic acids is 2. The molecule has 184 valence electrons. The fraction of sp³-hybridized carbons (Fsp3) is 0.400. The summed E-state index contributed by atoms with van der Waals surface area (Å²) in [6.07, 6.45) is 9.03. The lowest BCUT2D eigenvalue weighted by Gasteiger charge is -2.26. The summed E-state index contributed by atoms with van der Waals surface area (Å²) in [6, 6.07) is 13.3. The van der Waals surface area contributed by atoms with Crippen molar-refractivity contribution in [2.75, 3.05) is 14.2 Å². The lowest BCUT2D eigenvalue weighted by atomic mass is 9.79. The van der Waals surface area contributed by atoms with Crippen molar-refractivity contribution in [1.29, 1.82) is 0 Å². The standard InChI is InChI=1S/C30H34O5/c1-19(25-16-15-24(33-2)18-27(25)35-4)28(30(32)26(34-3)17-10-20-8-9-20)29(31)23-13-11-22(12-14-23)21-6-5-7-21/h10-21,26H,2,5-9H2,1,3-4H3/p+1/b17-10-. The molecule has 5 heteroatoms. The molecule has 0 bridgehead atoms. The van der Waals surface area contributed by atoms with Gasteiger partial charge in [0.15, 0.2) is 5.78 Å². The summed E-state index contributed by atoms with van der Waals surface area (Å²) in [6.45, 7) is 5.35. The number of benzene rings is 2. The molecule has 0 amide bonds. The number of Topliss-reactive ketones (excluding diaryl/α,β-unsaturated/α-hetero) is 1. The van der Waals surface area contributed by atoms with Crippen LogP contribution in [0.4, 0.5) is 0 Å². The number of aliphatic hydroxyl groups is 1. The summed E-state index contributed by atoms with van der Waals surface area (Å²) in [7, 11) is 3.09. The van der Waals surface area contributed by atoms with Gasteiger partial charge in [0, 0.05) is 35.8 Å². The fourth-order valence-corrected chi connectivity index (χ4v) is 4.61. The molecule has 2 fully saturated rings. The number of aliphatic hydroxyl groups excluding tert-OH is 1. The van der Waals surface area contributed by atoms with Crippen LogP contribution in [0.5, 0.6) is 11.5 Å². The van der Waals surface area contributed by atoms with Gasteiger partial charge in [-0.05, 0) is 49.1 Å². The van der Waals surface area contributed by atoms with Crippen LogP contribution >= 0.6 is 0 Å². The molecule has 2 atom stereocenters. The van der Waals surface area contributed by atoms with E-state index < -0.39 is 12.0 Å². The van der Waals surface area contributed by atoms with E-state index in [1.165, 1.54) is 31.9 Å². The number of allylic oxidation sites excluding steroid dienone is 1. The molecular formula is C30H35O5+. The zero-order valence-electron chi connectivity index (χ0n) is 20.8. The molecule has 2 unspecified atom stereocenters. The van der Waals surface area contributed by atoms with Crippen molar-refractivity contribution >= 4 is 18.3 Å². The van der Waals surface area contributed by atoms with Crippen LogP contribution in [0.2, 0.25) is 0 Å². The van der Waals surface area contributed by atoms with E-state index >= 15 is 0 Å². The molecule has 2 aromatic rings. The molecule has 2 aliphatic carbocycles. The van der Waals surface area contributed by atoms with E-state index in [2.05, 4.69) is 18.9 Å². The monoisotopic (exact) mass is 475 g/mol. The molecule has 0 heterocycles. The van der Waals surface area contributed by atoms with Crippen molar-refractivity contribution in [3.8, 4) is 11.5 Å². The molecule has 2 aliphatic rings. The van der Waals surface area contributed by atoms with Gasteiger partial charge in [-0.2, -0.15) is 0 Å². The summed E-state index contributed by atoms with van der Waals surface area (Å²) in [4.78, 5) is 13.8. The van der Waals surface area contributed by atoms with Crippen molar-refractivity contribution in [2.45, 2.75) is 57.0 Å². The predicted octanol–water partition coefficient (Wildman–Crippen LogP) is 6.66. The second-order valence-corrected chi connectivity index (χ2v) is 9.52. The summed E-state index contributed by atoms with van der Waals surface area (Å²) in [5.41, 5.74) is 2.94.